The zero-order valence-electron chi connectivity index (χ0n) is 14.5. The molecule has 2 N–H and O–H groups in total. The molecule has 1 fully saturated rings. The Bertz CT molecular complexity index is 727. The number of aromatic nitrogens is 1. The minimum absolute atomic E-state index is 0.102. The minimum Gasteiger partial charge on any atom is -0.324 e. The number of piperidine rings is 1. The molecule has 0 aliphatic carbocycles. The molecule has 5 heteroatoms. The molecule has 1 aliphatic rings. The molecule has 1 aromatic heterocycles. The van der Waals surface area contributed by atoms with Crippen LogP contribution in [0.1, 0.15) is 37.3 Å². The van der Waals surface area contributed by atoms with Crippen LogP contribution in [0, 0.1) is 5.82 Å². The molecule has 1 aromatic carbocycles. The van der Waals surface area contributed by atoms with E-state index in [1.54, 1.807) is 0 Å². The van der Waals surface area contributed by atoms with E-state index in [1.807, 2.05) is 25.1 Å². The third kappa shape index (κ3) is 3.87. The van der Waals surface area contributed by atoms with E-state index in [0.29, 0.717) is 24.1 Å². The van der Waals surface area contributed by atoms with Crippen LogP contribution in [0.4, 0.5) is 10.1 Å². The molecule has 0 radical (unpaired) electrons. The van der Waals surface area contributed by atoms with E-state index >= 15 is 0 Å². The third-order valence-corrected chi connectivity index (χ3v) is 4.99. The molecule has 1 atom stereocenters. The Labute approximate surface area is 147 Å². The highest BCUT2D eigenvalue weighted by atomic mass is 19.1. The van der Waals surface area contributed by atoms with Crippen molar-refractivity contribution < 1.29 is 9.18 Å². The topological polar surface area (TPSA) is 54.0 Å². The second-order valence-electron chi connectivity index (χ2n) is 6.65. The fourth-order valence-electron chi connectivity index (χ4n) is 3.69. The van der Waals surface area contributed by atoms with Crippen LogP contribution < -0.4 is 10.6 Å². The first kappa shape index (κ1) is 17.5. The summed E-state index contributed by atoms with van der Waals surface area (Å²) in [6.07, 6.45) is 5.57. The van der Waals surface area contributed by atoms with Crippen LogP contribution in [0.2, 0.25) is 0 Å². The molecule has 1 saturated heterocycles. The van der Waals surface area contributed by atoms with E-state index in [4.69, 9.17) is 0 Å². The maximum Gasteiger partial charge on any atom is 0.225 e. The zero-order chi connectivity index (χ0) is 17.7. The molecule has 1 unspecified atom stereocenters. The highest BCUT2D eigenvalue weighted by molar-refractivity contribution is 5.92. The molecule has 3 rings (SSSR count). The van der Waals surface area contributed by atoms with Crippen LogP contribution in [0.5, 0.6) is 0 Å². The Hall–Kier alpha value is -2.27. The molecule has 2 aromatic rings. The number of halogens is 1. The van der Waals surface area contributed by atoms with Crippen LogP contribution in [0.25, 0.3) is 0 Å². The lowest BCUT2D eigenvalue weighted by Gasteiger charge is -2.38. The predicted molar refractivity (Wildman–Crippen MR) is 97.0 cm³/mol. The molecular formula is C20H24FN3O. The van der Waals surface area contributed by atoms with Gasteiger partial charge in [-0.1, -0.05) is 37.3 Å². The van der Waals surface area contributed by atoms with Crippen LogP contribution in [-0.2, 0) is 16.6 Å². The van der Waals surface area contributed by atoms with E-state index < -0.39 is 0 Å². The van der Waals surface area contributed by atoms with Crippen molar-refractivity contribution in [2.75, 3.05) is 18.4 Å². The van der Waals surface area contributed by atoms with Gasteiger partial charge < -0.3 is 10.6 Å². The fraction of sp³-hybridized carbons (Fsp3) is 0.400. The Balaban J connectivity index is 1.81. The van der Waals surface area contributed by atoms with Crippen LogP contribution in [0.15, 0.2) is 42.7 Å². The van der Waals surface area contributed by atoms with Crippen molar-refractivity contribution in [3.63, 3.8) is 0 Å². The van der Waals surface area contributed by atoms with E-state index in [2.05, 4.69) is 27.8 Å². The van der Waals surface area contributed by atoms with Crippen molar-refractivity contribution in [1.82, 2.24) is 10.3 Å². The number of hydrogen-bond acceptors (Lipinski definition) is 3. The van der Waals surface area contributed by atoms with E-state index in [1.165, 1.54) is 18.0 Å². The second-order valence-corrected chi connectivity index (χ2v) is 6.65. The number of nitrogens with one attached hydrogen (secondary N) is 2. The number of carbonyl (C=O) groups excluding carboxylic acids is 1. The van der Waals surface area contributed by atoms with Gasteiger partial charge in [0.05, 0.1) is 18.1 Å². The summed E-state index contributed by atoms with van der Waals surface area (Å²) >= 11 is 0. The average molecular weight is 341 g/mol. The minimum atomic E-state index is -0.377. The maximum atomic E-state index is 13.9. The van der Waals surface area contributed by atoms with E-state index in [0.717, 1.165) is 25.9 Å². The number of amides is 1. The van der Waals surface area contributed by atoms with Crippen molar-refractivity contribution in [1.29, 1.82) is 0 Å². The zero-order valence-corrected chi connectivity index (χ0v) is 14.5. The summed E-state index contributed by atoms with van der Waals surface area (Å²) in [6, 6.07) is 10.2. The monoisotopic (exact) mass is 341 g/mol. The van der Waals surface area contributed by atoms with Gasteiger partial charge >= 0.3 is 0 Å². The largest absolute Gasteiger partial charge is 0.324 e. The Morgan fingerprint density at radius 1 is 1.32 bits per heavy atom. The first-order valence-electron chi connectivity index (χ1n) is 8.83. The smallest absolute Gasteiger partial charge is 0.225 e. The van der Waals surface area contributed by atoms with Crippen molar-refractivity contribution in [3.8, 4) is 0 Å². The van der Waals surface area contributed by atoms with Gasteiger partial charge in [0.15, 0.2) is 0 Å². The summed E-state index contributed by atoms with van der Waals surface area (Å²) < 4.78 is 13.9. The number of benzene rings is 1. The summed E-state index contributed by atoms with van der Waals surface area (Å²) in [7, 11) is 0. The molecule has 4 nitrogen and oxygen atoms in total. The first-order chi connectivity index (χ1) is 12.1. The lowest BCUT2D eigenvalue weighted by atomic mass is 9.72. The van der Waals surface area contributed by atoms with Crippen LogP contribution in [0.3, 0.4) is 0 Å². The van der Waals surface area contributed by atoms with Gasteiger partial charge in [-0.25, -0.2) is 4.39 Å². The fourth-order valence-corrected chi connectivity index (χ4v) is 3.69. The Morgan fingerprint density at radius 3 is 2.80 bits per heavy atom. The summed E-state index contributed by atoms with van der Waals surface area (Å²) in [5, 5.41) is 6.30. The molecular weight excluding hydrogens is 317 g/mol. The molecule has 25 heavy (non-hydrogen) atoms. The second kappa shape index (κ2) is 7.74. The summed E-state index contributed by atoms with van der Waals surface area (Å²) in [5.74, 6) is -0.480. The maximum absolute atomic E-state index is 13.9. The number of rotatable bonds is 5. The van der Waals surface area contributed by atoms with Crippen molar-refractivity contribution in [3.05, 3.63) is 59.7 Å². The average Bonchev–Trinajstić information content (AvgIpc) is 2.63. The van der Waals surface area contributed by atoms with Crippen molar-refractivity contribution >= 4 is 11.6 Å². The number of hydrogen-bond donors (Lipinski definition) is 2. The summed E-state index contributed by atoms with van der Waals surface area (Å²) in [5.41, 5.74) is 1.92. The van der Waals surface area contributed by atoms with Crippen LogP contribution >= 0.6 is 0 Å². The predicted octanol–water partition coefficient (Wildman–Crippen LogP) is 3.43. The highest BCUT2D eigenvalue weighted by Gasteiger charge is 2.36. The quantitative estimate of drug-likeness (QED) is 0.876. The van der Waals surface area contributed by atoms with Gasteiger partial charge in [-0.2, -0.15) is 0 Å². The van der Waals surface area contributed by atoms with Gasteiger partial charge in [-0.3, -0.25) is 9.78 Å². The molecule has 2 heterocycles. The van der Waals surface area contributed by atoms with Crippen LogP contribution in [-0.4, -0.2) is 24.0 Å². The van der Waals surface area contributed by atoms with Crippen molar-refractivity contribution in [2.45, 2.75) is 38.0 Å². The molecule has 1 aliphatic heterocycles. The number of pyridine rings is 1. The van der Waals surface area contributed by atoms with Gasteiger partial charge in [0.1, 0.15) is 5.82 Å². The van der Waals surface area contributed by atoms with Gasteiger partial charge in [-0.05, 0) is 31.4 Å². The lowest BCUT2D eigenvalue weighted by molar-refractivity contribution is -0.117. The first-order valence-corrected chi connectivity index (χ1v) is 8.83. The summed E-state index contributed by atoms with van der Waals surface area (Å²) in [6.45, 7) is 3.61. The lowest BCUT2D eigenvalue weighted by Crippen LogP contribution is -2.45. The molecule has 0 saturated carbocycles. The Kier molecular flexibility index (Phi) is 5.43. The normalized spacial score (nSPS) is 20.2. The summed E-state index contributed by atoms with van der Waals surface area (Å²) in [4.78, 5) is 16.6. The third-order valence-electron chi connectivity index (χ3n) is 4.99. The van der Waals surface area contributed by atoms with Gasteiger partial charge in [0, 0.05) is 23.9 Å². The molecule has 0 spiro atoms. The molecule has 132 valence electrons. The Morgan fingerprint density at radius 2 is 2.12 bits per heavy atom. The highest BCUT2D eigenvalue weighted by Crippen LogP contribution is 2.35. The van der Waals surface area contributed by atoms with Gasteiger partial charge in [-0.15, -0.1) is 0 Å². The van der Waals surface area contributed by atoms with Gasteiger partial charge in [0.25, 0.3) is 0 Å². The van der Waals surface area contributed by atoms with Gasteiger partial charge in [0.2, 0.25) is 5.91 Å². The molecule has 1 amide bonds. The SMILES string of the molecule is CCc1c(F)cncc1NC(=O)CC1(c2ccccc2)CCCNC1. The molecule has 0 bridgehead atoms. The number of anilines is 1. The van der Waals surface area contributed by atoms with Crippen molar-refractivity contribution in [2.24, 2.45) is 0 Å². The number of nitrogens with zero attached hydrogens (tertiary/aromatic N) is 1. The standard InChI is InChI=1S/C20H24FN3O/c1-2-16-17(21)12-23-13-18(16)24-19(25)11-20(9-6-10-22-14-20)15-7-4-3-5-8-15/h3-5,7-8,12-13,22H,2,6,9-11,14H2,1H3,(H,24,25). The van der Waals surface area contributed by atoms with E-state index in [9.17, 15) is 9.18 Å². The number of carbonyl (C=O) groups is 1. The van der Waals surface area contributed by atoms with E-state index in [-0.39, 0.29) is 17.1 Å².